The lowest BCUT2D eigenvalue weighted by molar-refractivity contribution is 1.17. The van der Waals surface area contributed by atoms with Crippen LogP contribution in [-0.2, 0) is 0 Å². The zero-order valence-electron chi connectivity index (χ0n) is 31.2. The smallest absolute Gasteiger partial charge is 0.160 e. The molecule has 0 fully saturated rings. The van der Waals surface area contributed by atoms with E-state index in [2.05, 4.69) is 138 Å². The molecule has 272 valence electrons. The number of anilines is 3. The minimum absolute atomic E-state index is 0.629. The normalized spacial score (nSPS) is 12.0. The van der Waals surface area contributed by atoms with E-state index in [9.17, 15) is 0 Å². The minimum Gasteiger partial charge on any atom is -0.308 e. The molecule has 0 atom stereocenters. The number of hydrogen-bond donors (Lipinski definition) is 0. The molecule has 6 heteroatoms. The van der Waals surface area contributed by atoms with Gasteiger partial charge in [0.2, 0.25) is 0 Å². The van der Waals surface area contributed by atoms with Crippen molar-refractivity contribution in [2.24, 2.45) is 0 Å². The summed E-state index contributed by atoms with van der Waals surface area (Å²) in [6.07, 6.45) is 1.90. The lowest BCUT2D eigenvalue weighted by Gasteiger charge is -2.33. The van der Waals surface area contributed by atoms with Gasteiger partial charge in [0.05, 0.1) is 34.0 Å². The summed E-state index contributed by atoms with van der Waals surface area (Å²) in [5.41, 5.74) is 12.0. The average molecular weight is 760 g/mol. The number of rotatable bonds is 6. The molecule has 0 N–H and O–H groups in total. The van der Waals surface area contributed by atoms with Gasteiger partial charge in [-0.2, -0.15) is 0 Å². The van der Waals surface area contributed by atoms with Gasteiger partial charge < -0.3 is 4.90 Å². The van der Waals surface area contributed by atoms with Crippen LogP contribution in [0.2, 0.25) is 0 Å². The maximum absolute atomic E-state index is 5.24. The third-order valence-electron chi connectivity index (χ3n) is 10.7. The summed E-state index contributed by atoms with van der Waals surface area (Å²) >= 11 is 1.82. The van der Waals surface area contributed by atoms with Crippen molar-refractivity contribution in [1.29, 1.82) is 0 Å². The molecular formula is C52H33N5S. The van der Waals surface area contributed by atoms with Crippen molar-refractivity contribution in [3.8, 4) is 56.4 Å². The molecule has 11 rings (SSSR count). The van der Waals surface area contributed by atoms with Crippen LogP contribution in [0.5, 0.6) is 0 Å². The van der Waals surface area contributed by atoms with Crippen LogP contribution in [0.15, 0.2) is 210 Å². The molecular weight excluding hydrogens is 727 g/mol. The first-order valence-corrected chi connectivity index (χ1v) is 20.1. The molecule has 0 radical (unpaired) electrons. The SMILES string of the molecule is c1ccc(-c2cc(-c3ccccc3)nc(-c3cc(-c4ncc5ccccc5n4)cc(-c4ccc(N5c6ccccc6Sc6ccccc65)c5ccccc45)c3)n2)cc1. The third-order valence-corrected chi connectivity index (χ3v) is 11.8. The second-order valence-electron chi connectivity index (χ2n) is 14.3. The first-order chi connectivity index (χ1) is 28.7. The Kier molecular flexibility index (Phi) is 8.34. The number of hydrogen-bond acceptors (Lipinski definition) is 6. The highest BCUT2D eigenvalue weighted by atomic mass is 32.2. The van der Waals surface area contributed by atoms with Gasteiger partial charge in [-0.1, -0.05) is 145 Å². The largest absolute Gasteiger partial charge is 0.308 e. The summed E-state index contributed by atoms with van der Waals surface area (Å²) in [6, 6.07) is 67.9. The van der Waals surface area contributed by atoms with Crippen LogP contribution < -0.4 is 4.90 Å². The molecule has 10 aromatic rings. The fourth-order valence-corrected chi connectivity index (χ4v) is 8.99. The van der Waals surface area contributed by atoms with Gasteiger partial charge in [0.25, 0.3) is 0 Å². The monoisotopic (exact) mass is 759 g/mol. The first-order valence-electron chi connectivity index (χ1n) is 19.3. The molecule has 8 aromatic carbocycles. The summed E-state index contributed by atoms with van der Waals surface area (Å²) < 4.78 is 0. The highest BCUT2D eigenvalue weighted by molar-refractivity contribution is 7.99. The Labute approximate surface area is 340 Å². The van der Waals surface area contributed by atoms with E-state index >= 15 is 0 Å². The summed E-state index contributed by atoms with van der Waals surface area (Å²) in [5.74, 6) is 1.27. The Balaban J connectivity index is 1.14. The summed E-state index contributed by atoms with van der Waals surface area (Å²) in [6.45, 7) is 0. The van der Waals surface area contributed by atoms with Gasteiger partial charge in [-0.15, -0.1) is 0 Å². The van der Waals surface area contributed by atoms with Gasteiger partial charge >= 0.3 is 0 Å². The predicted octanol–water partition coefficient (Wildman–Crippen LogP) is 13.8. The summed E-state index contributed by atoms with van der Waals surface area (Å²) in [7, 11) is 0. The van der Waals surface area contributed by atoms with E-state index in [0.29, 0.717) is 11.6 Å². The van der Waals surface area contributed by atoms with E-state index in [-0.39, 0.29) is 0 Å². The van der Waals surface area contributed by atoms with Gasteiger partial charge in [-0.3, -0.25) is 0 Å². The van der Waals surface area contributed by atoms with Crippen molar-refractivity contribution < 1.29 is 0 Å². The van der Waals surface area contributed by atoms with Crippen molar-refractivity contribution in [1.82, 2.24) is 19.9 Å². The Morgan fingerprint density at radius 3 is 1.62 bits per heavy atom. The zero-order chi connectivity index (χ0) is 38.4. The highest BCUT2D eigenvalue weighted by Gasteiger charge is 2.26. The second kappa shape index (κ2) is 14.3. The second-order valence-corrected chi connectivity index (χ2v) is 15.4. The van der Waals surface area contributed by atoms with Gasteiger partial charge in [-0.05, 0) is 77.2 Å². The fourth-order valence-electron chi connectivity index (χ4n) is 7.94. The van der Waals surface area contributed by atoms with E-state index in [1.165, 1.54) is 21.2 Å². The van der Waals surface area contributed by atoms with Crippen LogP contribution in [0.1, 0.15) is 0 Å². The molecule has 1 aliphatic heterocycles. The molecule has 58 heavy (non-hydrogen) atoms. The Morgan fingerprint density at radius 2 is 0.931 bits per heavy atom. The maximum Gasteiger partial charge on any atom is 0.160 e. The maximum atomic E-state index is 5.24. The van der Waals surface area contributed by atoms with Crippen molar-refractivity contribution in [2.45, 2.75) is 9.79 Å². The number of fused-ring (bicyclic) bond motifs is 4. The Hall–Kier alpha value is -7.41. The van der Waals surface area contributed by atoms with Gasteiger partial charge in [0.15, 0.2) is 11.6 Å². The zero-order valence-corrected chi connectivity index (χ0v) is 32.0. The third kappa shape index (κ3) is 6.08. The van der Waals surface area contributed by atoms with Crippen molar-refractivity contribution in [3.05, 3.63) is 200 Å². The van der Waals surface area contributed by atoms with Crippen molar-refractivity contribution in [3.63, 3.8) is 0 Å². The number of nitrogens with zero attached hydrogens (tertiary/aromatic N) is 5. The molecule has 0 unspecified atom stereocenters. The molecule has 0 amide bonds. The van der Waals surface area contributed by atoms with E-state index < -0.39 is 0 Å². The minimum atomic E-state index is 0.629. The van der Waals surface area contributed by atoms with Crippen LogP contribution in [0.3, 0.4) is 0 Å². The van der Waals surface area contributed by atoms with Crippen LogP contribution in [-0.4, -0.2) is 19.9 Å². The van der Waals surface area contributed by atoms with Crippen LogP contribution in [0.4, 0.5) is 17.1 Å². The highest BCUT2D eigenvalue weighted by Crippen LogP contribution is 2.53. The molecule has 0 bridgehead atoms. The molecule has 0 saturated carbocycles. The number of aromatic nitrogens is 4. The predicted molar refractivity (Wildman–Crippen MR) is 239 cm³/mol. The molecule has 3 heterocycles. The lowest BCUT2D eigenvalue weighted by Crippen LogP contribution is -2.15. The molecule has 1 aliphatic rings. The Morgan fingerprint density at radius 1 is 0.379 bits per heavy atom. The Bertz CT molecular complexity index is 3060. The molecule has 2 aromatic heterocycles. The van der Waals surface area contributed by atoms with Gasteiger partial charge in [0, 0.05) is 49.0 Å². The fraction of sp³-hybridized carbons (Fsp3) is 0. The topological polar surface area (TPSA) is 54.8 Å². The lowest BCUT2D eigenvalue weighted by atomic mass is 9.93. The number of benzene rings is 8. The molecule has 0 saturated heterocycles. The number of para-hydroxylation sites is 3. The van der Waals surface area contributed by atoms with Crippen LogP contribution in [0, 0.1) is 0 Å². The quantitative estimate of drug-likeness (QED) is 0.168. The van der Waals surface area contributed by atoms with E-state index in [4.69, 9.17) is 19.9 Å². The van der Waals surface area contributed by atoms with Gasteiger partial charge in [-0.25, -0.2) is 19.9 Å². The van der Waals surface area contributed by atoms with Crippen molar-refractivity contribution >= 4 is 50.5 Å². The average Bonchev–Trinajstić information content (AvgIpc) is 3.30. The summed E-state index contributed by atoms with van der Waals surface area (Å²) in [4.78, 5) is 25.3. The van der Waals surface area contributed by atoms with Gasteiger partial charge in [0.1, 0.15) is 0 Å². The molecule has 0 aliphatic carbocycles. The molecule has 5 nitrogen and oxygen atoms in total. The standard InChI is InChI=1S/C52H33N5S/c1-3-15-34(16-4-1)44-32-45(35-17-5-2-6-18-35)56-52(55-44)39-30-37(29-38(31-39)51-53-33-36-19-7-10-22-43(36)54-51)40-27-28-46(42-21-9-8-20-41(40)42)57-47-23-11-13-25-49(47)58-50-26-14-12-24-48(50)57/h1-33H. The van der Waals surface area contributed by atoms with E-state index in [0.717, 1.165) is 72.1 Å². The van der Waals surface area contributed by atoms with E-state index in [1.54, 1.807) is 0 Å². The van der Waals surface area contributed by atoms with Crippen molar-refractivity contribution in [2.75, 3.05) is 4.90 Å². The molecule has 0 spiro atoms. The van der Waals surface area contributed by atoms with Crippen LogP contribution >= 0.6 is 11.8 Å². The van der Waals surface area contributed by atoms with Crippen LogP contribution in [0.25, 0.3) is 78.1 Å². The first kappa shape index (κ1) is 33.9. The summed E-state index contributed by atoms with van der Waals surface area (Å²) in [5, 5.41) is 3.29. The van der Waals surface area contributed by atoms with E-state index in [1.807, 2.05) is 78.6 Å².